The molecule has 1 heterocycles. The van der Waals surface area contributed by atoms with Crippen molar-refractivity contribution in [1.82, 2.24) is 0 Å². The van der Waals surface area contributed by atoms with Crippen LogP contribution >= 0.6 is 0 Å². The second-order valence-corrected chi connectivity index (χ2v) is 5.47. The minimum absolute atomic E-state index is 0.252. The van der Waals surface area contributed by atoms with Crippen LogP contribution in [0.1, 0.15) is 39.0 Å². The Morgan fingerprint density at radius 2 is 2.12 bits per heavy atom. The summed E-state index contributed by atoms with van der Waals surface area (Å²) in [5.74, 6) is 1.05. The highest BCUT2D eigenvalue weighted by Crippen LogP contribution is 2.34. The molecule has 0 bridgehead atoms. The molecule has 3 heteroatoms. The average molecular weight is 238 g/mol. The molecule has 1 aliphatic carbocycles. The summed E-state index contributed by atoms with van der Waals surface area (Å²) < 4.78 is 10.5. The van der Waals surface area contributed by atoms with Gasteiger partial charge in [0.1, 0.15) is 0 Å². The molecule has 0 radical (unpaired) electrons. The monoisotopic (exact) mass is 238 g/mol. The molecule has 1 saturated carbocycles. The number of esters is 1. The van der Waals surface area contributed by atoms with Gasteiger partial charge in [0.25, 0.3) is 0 Å². The summed E-state index contributed by atoms with van der Waals surface area (Å²) in [7, 11) is 0. The Bertz CT molecular complexity index is 294. The molecular formula is C14H22O3. The van der Waals surface area contributed by atoms with Crippen LogP contribution in [0.25, 0.3) is 0 Å². The van der Waals surface area contributed by atoms with E-state index < -0.39 is 0 Å². The predicted molar refractivity (Wildman–Crippen MR) is 65.6 cm³/mol. The number of carbonyl (C=O) groups is 1. The van der Waals surface area contributed by atoms with E-state index in [2.05, 4.69) is 6.58 Å². The quantitative estimate of drug-likeness (QED) is 0.420. The molecule has 0 N–H and O–H groups in total. The fraction of sp³-hybridized carbons (Fsp3) is 0.786. The lowest BCUT2D eigenvalue weighted by molar-refractivity contribution is -0.140. The van der Waals surface area contributed by atoms with E-state index in [1.807, 2.05) is 0 Å². The van der Waals surface area contributed by atoms with Crippen molar-refractivity contribution < 1.29 is 14.3 Å². The Balaban J connectivity index is 1.69. The van der Waals surface area contributed by atoms with Gasteiger partial charge in [0, 0.05) is 5.57 Å². The van der Waals surface area contributed by atoms with Crippen molar-refractivity contribution in [2.75, 3.05) is 13.2 Å². The van der Waals surface area contributed by atoms with Crippen LogP contribution in [0.5, 0.6) is 0 Å². The molecule has 3 unspecified atom stereocenters. The van der Waals surface area contributed by atoms with Crippen molar-refractivity contribution in [3.05, 3.63) is 12.2 Å². The Hall–Kier alpha value is -0.830. The number of carbonyl (C=O) groups excluding carboxylic acids is 1. The molecule has 1 aliphatic heterocycles. The summed E-state index contributed by atoms with van der Waals surface area (Å²) in [5.41, 5.74) is 0.490. The molecule has 2 aliphatic rings. The van der Waals surface area contributed by atoms with Crippen LogP contribution in [0, 0.1) is 11.8 Å². The molecule has 17 heavy (non-hydrogen) atoms. The van der Waals surface area contributed by atoms with Crippen molar-refractivity contribution in [1.29, 1.82) is 0 Å². The summed E-state index contributed by atoms with van der Waals surface area (Å²) in [6.07, 6.45) is 6.66. The third-order valence-corrected chi connectivity index (χ3v) is 3.69. The highest BCUT2D eigenvalue weighted by molar-refractivity contribution is 5.86. The first-order valence-corrected chi connectivity index (χ1v) is 6.59. The maximum Gasteiger partial charge on any atom is 0.333 e. The van der Waals surface area contributed by atoms with Crippen LogP contribution in [0.4, 0.5) is 0 Å². The summed E-state index contributed by atoms with van der Waals surface area (Å²) in [4.78, 5) is 11.3. The van der Waals surface area contributed by atoms with Gasteiger partial charge in [0.2, 0.25) is 0 Å². The zero-order chi connectivity index (χ0) is 12.3. The Morgan fingerprint density at radius 1 is 1.41 bits per heavy atom. The van der Waals surface area contributed by atoms with Gasteiger partial charge >= 0.3 is 5.97 Å². The van der Waals surface area contributed by atoms with Gasteiger partial charge in [0.05, 0.1) is 19.3 Å². The smallest absolute Gasteiger partial charge is 0.333 e. The number of hydrogen-bond donors (Lipinski definition) is 0. The van der Waals surface area contributed by atoms with Gasteiger partial charge in [-0.2, -0.15) is 0 Å². The van der Waals surface area contributed by atoms with Crippen LogP contribution in [0.3, 0.4) is 0 Å². The standard InChI is InChI=1S/C14H22O3/c1-10(2)14(15)17-8-12-5-3-4-11(6-12)7-13-9-16-13/h11-13H,1,3-9H2,2H3. The van der Waals surface area contributed by atoms with Gasteiger partial charge in [0.15, 0.2) is 0 Å². The van der Waals surface area contributed by atoms with Gasteiger partial charge in [-0.15, -0.1) is 0 Å². The molecule has 3 nitrogen and oxygen atoms in total. The zero-order valence-corrected chi connectivity index (χ0v) is 10.6. The first kappa shape index (κ1) is 12.6. The lowest BCUT2D eigenvalue weighted by Gasteiger charge is -2.28. The molecule has 1 saturated heterocycles. The zero-order valence-electron chi connectivity index (χ0n) is 10.6. The van der Waals surface area contributed by atoms with Gasteiger partial charge in [-0.25, -0.2) is 4.79 Å². The minimum Gasteiger partial charge on any atom is -0.462 e. The minimum atomic E-state index is -0.252. The Morgan fingerprint density at radius 3 is 2.76 bits per heavy atom. The molecule has 0 aromatic heterocycles. The maximum atomic E-state index is 11.3. The highest BCUT2D eigenvalue weighted by Gasteiger charge is 2.30. The normalized spacial score (nSPS) is 31.9. The summed E-state index contributed by atoms with van der Waals surface area (Å²) >= 11 is 0. The molecule has 3 atom stereocenters. The fourth-order valence-corrected chi connectivity index (χ4v) is 2.66. The van der Waals surface area contributed by atoms with E-state index in [1.165, 1.54) is 32.1 Å². The van der Waals surface area contributed by atoms with E-state index >= 15 is 0 Å². The largest absolute Gasteiger partial charge is 0.462 e. The summed E-state index contributed by atoms with van der Waals surface area (Å²) in [5, 5.41) is 0. The van der Waals surface area contributed by atoms with Gasteiger partial charge < -0.3 is 9.47 Å². The number of ether oxygens (including phenoxy) is 2. The summed E-state index contributed by atoms with van der Waals surface area (Å²) in [6, 6.07) is 0. The van der Waals surface area contributed by atoms with Crippen LogP contribution in [0.2, 0.25) is 0 Å². The van der Waals surface area contributed by atoms with E-state index in [0.29, 0.717) is 24.2 Å². The second kappa shape index (κ2) is 5.67. The van der Waals surface area contributed by atoms with E-state index in [-0.39, 0.29) is 5.97 Å². The first-order chi connectivity index (χ1) is 8.15. The molecular weight excluding hydrogens is 216 g/mol. The maximum absolute atomic E-state index is 11.3. The van der Waals surface area contributed by atoms with Crippen molar-refractivity contribution >= 4 is 5.97 Å². The number of hydrogen-bond acceptors (Lipinski definition) is 3. The van der Waals surface area contributed by atoms with Crippen molar-refractivity contribution in [2.45, 2.75) is 45.1 Å². The lowest BCUT2D eigenvalue weighted by atomic mass is 9.80. The SMILES string of the molecule is C=C(C)C(=O)OCC1CCCC(CC2CO2)C1. The van der Waals surface area contributed by atoms with Crippen LogP contribution in [-0.4, -0.2) is 25.3 Å². The average Bonchev–Trinajstić information content (AvgIpc) is 3.10. The van der Waals surface area contributed by atoms with Crippen molar-refractivity contribution in [3.63, 3.8) is 0 Å². The second-order valence-electron chi connectivity index (χ2n) is 5.47. The molecule has 0 aromatic rings. The van der Waals surface area contributed by atoms with Crippen LogP contribution in [-0.2, 0) is 14.3 Å². The summed E-state index contributed by atoms with van der Waals surface area (Å²) in [6.45, 7) is 6.79. The molecule has 0 spiro atoms. The van der Waals surface area contributed by atoms with Crippen LogP contribution in [0.15, 0.2) is 12.2 Å². The van der Waals surface area contributed by atoms with E-state index in [1.54, 1.807) is 6.92 Å². The number of epoxide rings is 1. The van der Waals surface area contributed by atoms with E-state index in [4.69, 9.17) is 9.47 Å². The Kier molecular flexibility index (Phi) is 4.21. The molecule has 96 valence electrons. The topological polar surface area (TPSA) is 38.8 Å². The third-order valence-electron chi connectivity index (χ3n) is 3.69. The first-order valence-electron chi connectivity index (χ1n) is 6.59. The van der Waals surface area contributed by atoms with Gasteiger partial charge in [-0.1, -0.05) is 19.4 Å². The van der Waals surface area contributed by atoms with Crippen LogP contribution < -0.4 is 0 Å². The van der Waals surface area contributed by atoms with Gasteiger partial charge in [-0.05, 0) is 38.0 Å². The molecule has 0 amide bonds. The van der Waals surface area contributed by atoms with E-state index in [0.717, 1.165) is 12.5 Å². The van der Waals surface area contributed by atoms with E-state index in [9.17, 15) is 4.79 Å². The molecule has 0 aromatic carbocycles. The van der Waals surface area contributed by atoms with Gasteiger partial charge in [-0.3, -0.25) is 0 Å². The predicted octanol–water partition coefficient (Wildman–Crippen LogP) is 2.70. The van der Waals surface area contributed by atoms with Crippen molar-refractivity contribution in [3.8, 4) is 0 Å². The fourth-order valence-electron chi connectivity index (χ4n) is 2.66. The lowest BCUT2D eigenvalue weighted by Crippen LogP contribution is -2.22. The number of rotatable bonds is 5. The third kappa shape index (κ3) is 4.15. The molecule has 2 fully saturated rings. The highest BCUT2D eigenvalue weighted by atomic mass is 16.6. The van der Waals surface area contributed by atoms with Crippen molar-refractivity contribution in [2.24, 2.45) is 11.8 Å². The Labute approximate surface area is 103 Å². The molecule has 2 rings (SSSR count).